The second-order valence-corrected chi connectivity index (χ2v) is 3.66. The van der Waals surface area contributed by atoms with E-state index in [2.05, 4.69) is 25.6 Å². The summed E-state index contributed by atoms with van der Waals surface area (Å²) in [6, 6.07) is 0. The molecule has 2 N–H and O–H groups in total. The Labute approximate surface area is 86.4 Å². The van der Waals surface area contributed by atoms with Crippen LogP contribution in [0.25, 0.3) is 0 Å². The molecule has 0 bridgehead atoms. The highest BCUT2D eigenvalue weighted by Gasteiger charge is 1.95. The maximum Gasteiger partial charge on any atom is 0.120 e. The lowest BCUT2D eigenvalue weighted by Gasteiger charge is -1.99. The van der Waals surface area contributed by atoms with Gasteiger partial charge in [-0.2, -0.15) is 0 Å². The van der Waals surface area contributed by atoms with Crippen molar-refractivity contribution in [3.63, 3.8) is 0 Å². The molecule has 0 fully saturated rings. The zero-order valence-electron chi connectivity index (χ0n) is 7.73. The van der Waals surface area contributed by atoms with Gasteiger partial charge in [-0.1, -0.05) is 0 Å². The van der Waals surface area contributed by atoms with Gasteiger partial charge < -0.3 is 10.3 Å². The Morgan fingerprint density at radius 2 is 2.43 bits per heavy atom. The summed E-state index contributed by atoms with van der Waals surface area (Å²) in [6.07, 6.45) is 4.57. The molecular weight excluding hydrogens is 196 g/mol. The van der Waals surface area contributed by atoms with Crippen LogP contribution < -0.4 is 5.32 Å². The van der Waals surface area contributed by atoms with E-state index in [1.807, 2.05) is 11.7 Å². The molecule has 2 aromatic rings. The van der Waals surface area contributed by atoms with Gasteiger partial charge in [0.2, 0.25) is 0 Å². The molecule has 0 aliphatic carbocycles. The lowest BCUT2D eigenvalue weighted by atomic mass is 10.3. The minimum Gasteiger partial charge on any atom is -0.348 e. The van der Waals surface area contributed by atoms with E-state index in [9.17, 15) is 0 Å². The molecule has 4 nitrogen and oxygen atoms in total. The van der Waals surface area contributed by atoms with Crippen LogP contribution in [-0.4, -0.2) is 21.5 Å². The molecule has 5 heteroatoms. The quantitative estimate of drug-likeness (QED) is 0.726. The van der Waals surface area contributed by atoms with E-state index in [1.54, 1.807) is 17.5 Å². The van der Waals surface area contributed by atoms with Crippen molar-refractivity contribution < 1.29 is 0 Å². The van der Waals surface area contributed by atoms with Gasteiger partial charge >= 0.3 is 0 Å². The zero-order valence-corrected chi connectivity index (χ0v) is 8.55. The van der Waals surface area contributed by atoms with Gasteiger partial charge in [0, 0.05) is 30.7 Å². The maximum absolute atomic E-state index is 4.21. The highest BCUT2D eigenvalue weighted by atomic mass is 32.1. The van der Waals surface area contributed by atoms with Gasteiger partial charge in [-0.25, -0.2) is 9.97 Å². The molecule has 2 rings (SSSR count). The predicted octanol–water partition coefficient (Wildman–Crippen LogP) is 1.20. The number of hydrogen-bond acceptors (Lipinski definition) is 4. The average Bonchev–Trinajstić information content (AvgIpc) is 2.86. The van der Waals surface area contributed by atoms with Crippen LogP contribution in [-0.2, 0) is 13.0 Å². The number of rotatable bonds is 5. The Morgan fingerprint density at radius 3 is 3.14 bits per heavy atom. The van der Waals surface area contributed by atoms with E-state index in [4.69, 9.17) is 0 Å². The Kier molecular flexibility index (Phi) is 3.26. The van der Waals surface area contributed by atoms with Crippen molar-refractivity contribution in [3.05, 3.63) is 34.8 Å². The molecule has 0 radical (unpaired) electrons. The Morgan fingerprint density at radius 1 is 1.43 bits per heavy atom. The average molecular weight is 208 g/mol. The van der Waals surface area contributed by atoms with Crippen molar-refractivity contribution in [2.75, 3.05) is 6.54 Å². The molecule has 74 valence electrons. The van der Waals surface area contributed by atoms with Crippen molar-refractivity contribution in [2.45, 2.75) is 13.0 Å². The van der Waals surface area contributed by atoms with E-state index in [-0.39, 0.29) is 0 Å². The first kappa shape index (κ1) is 9.36. The highest BCUT2D eigenvalue weighted by Crippen LogP contribution is 2.00. The van der Waals surface area contributed by atoms with Crippen LogP contribution in [0.15, 0.2) is 23.3 Å². The van der Waals surface area contributed by atoms with Crippen LogP contribution in [0.5, 0.6) is 0 Å². The predicted molar refractivity (Wildman–Crippen MR) is 56.1 cm³/mol. The van der Waals surface area contributed by atoms with Gasteiger partial charge in [-0.05, 0) is 0 Å². The number of nitrogens with zero attached hydrogens (tertiary/aromatic N) is 2. The van der Waals surface area contributed by atoms with E-state index in [0.29, 0.717) is 0 Å². The summed E-state index contributed by atoms with van der Waals surface area (Å²) in [5.41, 5.74) is 3.02. The Hall–Kier alpha value is -1.20. The van der Waals surface area contributed by atoms with Crippen LogP contribution >= 0.6 is 11.3 Å². The molecule has 0 spiro atoms. The normalized spacial score (nSPS) is 10.6. The molecule has 0 amide bonds. The van der Waals surface area contributed by atoms with E-state index in [1.165, 1.54) is 0 Å². The standard InChI is InChI=1S/C9H12N4S/c1(8-6-14-7-13-8)2-10-5-9-11-3-4-12-9/h3-4,6-7,10H,1-2,5H2,(H,11,12). The molecular formula is C9H12N4S. The molecule has 0 saturated carbocycles. The topological polar surface area (TPSA) is 53.6 Å². The second-order valence-electron chi connectivity index (χ2n) is 2.94. The van der Waals surface area contributed by atoms with Gasteiger partial charge in [0.15, 0.2) is 0 Å². The molecule has 0 unspecified atom stereocenters. The minimum atomic E-state index is 0.789. The fourth-order valence-electron chi connectivity index (χ4n) is 1.18. The number of imidazole rings is 1. The number of aromatic amines is 1. The lowest BCUT2D eigenvalue weighted by molar-refractivity contribution is 0.660. The van der Waals surface area contributed by atoms with Crippen LogP contribution in [0.4, 0.5) is 0 Å². The van der Waals surface area contributed by atoms with Gasteiger partial charge in [0.1, 0.15) is 5.82 Å². The lowest BCUT2D eigenvalue weighted by Crippen LogP contribution is -2.17. The molecule has 2 heterocycles. The molecule has 0 aromatic carbocycles. The third-order valence-corrected chi connectivity index (χ3v) is 2.52. The van der Waals surface area contributed by atoms with E-state index in [0.717, 1.165) is 31.0 Å². The SMILES string of the molecule is c1c[nH]c(CNCCc2cscn2)n1. The minimum absolute atomic E-state index is 0.789. The number of hydrogen-bond donors (Lipinski definition) is 2. The van der Waals surface area contributed by atoms with Crippen molar-refractivity contribution >= 4 is 11.3 Å². The first-order valence-electron chi connectivity index (χ1n) is 4.51. The summed E-state index contributed by atoms with van der Waals surface area (Å²) in [5, 5.41) is 5.37. The van der Waals surface area contributed by atoms with Gasteiger partial charge in [-0.15, -0.1) is 11.3 Å². The third kappa shape index (κ3) is 2.65. The van der Waals surface area contributed by atoms with Crippen molar-refractivity contribution in [3.8, 4) is 0 Å². The van der Waals surface area contributed by atoms with Crippen molar-refractivity contribution in [2.24, 2.45) is 0 Å². The van der Waals surface area contributed by atoms with Crippen LogP contribution in [0.3, 0.4) is 0 Å². The summed E-state index contributed by atoms with van der Waals surface area (Å²) in [6.45, 7) is 1.72. The Balaban J connectivity index is 1.65. The number of thiazole rings is 1. The smallest absolute Gasteiger partial charge is 0.120 e. The monoisotopic (exact) mass is 208 g/mol. The van der Waals surface area contributed by atoms with Crippen molar-refractivity contribution in [1.29, 1.82) is 0 Å². The van der Waals surface area contributed by atoms with Gasteiger partial charge in [0.05, 0.1) is 17.7 Å². The highest BCUT2D eigenvalue weighted by molar-refractivity contribution is 7.07. The summed E-state index contributed by atoms with van der Waals surface area (Å²) in [4.78, 5) is 11.4. The molecule has 0 saturated heterocycles. The summed E-state index contributed by atoms with van der Waals surface area (Å²) < 4.78 is 0. The van der Waals surface area contributed by atoms with E-state index < -0.39 is 0 Å². The van der Waals surface area contributed by atoms with Gasteiger partial charge in [0.25, 0.3) is 0 Å². The van der Waals surface area contributed by atoms with Crippen LogP contribution in [0.1, 0.15) is 11.5 Å². The first-order chi connectivity index (χ1) is 6.95. The van der Waals surface area contributed by atoms with E-state index >= 15 is 0 Å². The molecule has 0 aliphatic rings. The maximum atomic E-state index is 4.21. The summed E-state index contributed by atoms with van der Waals surface area (Å²) >= 11 is 1.64. The number of H-pyrrole nitrogens is 1. The third-order valence-electron chi connectivity index (χ3n) is 1.89. The van der Waals surface area contributed by atoms with Crippen LogP contribution in [0.2, 0.25) is 0 Å². The first-order valence-corrected chi connectivity index (χ1v) is 5.45. The molecule has 2 aromatic heterocycles. The summed E-state index contributed by atoms with van der Waals surface area (Å²) in [5.74, 6) is 0.975. The molecule has 0 aliphatic heterocycles. The number of nitrogens with one attached hydrogen (secondary N) is 2. The fraction of sp³-hybridized carbons (Fsp3) is 0.333. The molecule has 0 atom stereocenters. The van der Waals surface area contributed by atoms with Gasteiger partial charge in [-0.3, -0.25) is 0 Å². The second kappa shape index (κ2) is 4.88. The zero-order chi connectivity index (χ0) is 9.64. The summed E-state index contributed by atoms with van der Waals surface area (Å²) in [7, 11) is 0. The number of aromatic nitrogens is 3. The van der Waals surface area contributed by atoms with Crippen LogP contribution in [0, 0.1) is 0 Å². The van der Waals surface area contributed by atoms with Crippen molar-refractivity contribution in [1.82, 2.24) is 20.3 Å². The fourth-order valence-corrected chi connectivity index (χ4v) is 1.77. The molecule has 14 heavy (non-hydrogen) atoms. The Bertz CT molecular complexity index is 305. The largest absolute Gasteiger partial charge is 0.348 e.